The number of alkyl halides is 3. The van der Waals surface area contributed by atoms with Gasteiger partial charge >= 0.3 is 6.18 Å². The van der Waals surface area contributed by atoms with E-state index in [-0.39, 0.29) is 12.3 Å². The van der Waals surface area contributed by atoms with Gasteiger partial charge in [0.1, 0.15) is 5.75 Å². The molecule has 0 aliphatic carbocycles. The fourth-order valence-corrected chi connectivity index (χ4v) is 1.86. The van der Waals surface area contributed by atoms with Crippen molar-refractivity contribution in [2.24, 2.45) is 0 Å². The predicted octanol–water partition coefficient (Wildman–Crippen LogP) is 3.27. The highest BCUT2D eigenvalue weighted by atomic mass is 19.4. The number of carbonyl (C=O) groups is 1. The third kappa shape index (κ3) is 5.02. The summed E-state index contributed by atoms with van der Waals surface area (Å²) in [4.78, 5) is 11.7. The van der Waals surface area contributed by atoms with Crippen LogP contribution in [0.2, 0.25) is 0 Å². The lowest BCUT2D eigenvalue weighted by Gasteiger charge is -2.10. The lowest BCUT2D eigenvalue weighted by Crippen LogP contribution is -2.28. The summed E-state index contributed by atoms with van der Waals surface area (Å²) in [5.74, 6) is -0.491. The monoisotopic (exact) mass is 334 g/mol. The molecule has 2 rings (SSSR count). The normalized spacial score (nSPS) is 10.8. The molecule has 0 aromatic heterocycles. The number of benzene rings is 2. The first-order valence-corrected chi connectivity index (χ1v) is 6.94. The highest BCUT2D eigenvalue weighted by Gasteiger charge is 2.30. The van der Waals surface area contributed by atoms with Crippen molar-refractivity contribution in [1.29, 1.82) is 5.26 Å². The number of hydrogen-bond donors (Lipinski definition) is 1. The lowest BCUT2D eigenvalue weighted by atomic mass is 10.1. The molecule has 0 saturated carbocycles. The summed E-state index contributed by atoms with van der Waals surface area (Å²) in [6.07, 6.45) is -4.46. The average molecular weight is 334 g/mol. The largest absolute Gasteiger partial charge is 0.484 e. The molecular weight excluding hydrogens is 321 g/mol. The van der Waals surface area contributed by atoms with Gasteiger partial charge in [-0.1, -0.05) is 18.2 Å². The van der Waals surface area contributed by atoms with Gasteiger partial charge in [-0.05, 0) is 35.9 Å². The lowest BCUT2D eigenvalue weighted by molar-refractivity contribution is -0.137. The zero-order valence-corrected chi connectivity index (χ0v) is 12.4. The number of amides is 1. The van der Waals surface area contributed by atoms with Crippen LogP contribution in [0.15, 0.2) is 48.5 Å². The zero-order chi connectivity index (χ0) is 17.6. The fourth-order valence-electron chi connectivity index (χ4n) is 1.86. The van der Waals surface area contributed by atoms with Crippen molar-refractivity contribution in [1.82, 2.24) is 5.32 Å². The van der Waals surface area contributed by atoms with Crippen LogP contribution in [0.5, 0.6) is 5.75 Å². The highest BCUT2D eigenvalue weighted by Crippen LogP contribution is 2.31. The van der Waals surface area contributed by atoms with Crippen LogP contribution in [0.1, 0.15) is 16.7 Å². The topological polar surface area (TPSA) is 62.1 Å². The molecule has 4 nitrogen and oxygen atoms in total. The Morgan fingerprint density at radius 2 is 1.88 bits per heavy atom. The van der Waals surface area contributed by atoms with Crippen LogP contribution >= 0.6 is 0 Å². The quantitative estimate of drug-likeness (QED) is 0.913. The first-order chi connectivity index (χ1) is 11.4. The Balaban J connectivity index is 1.84. The Morgan fingerprint density at radius 1 is 1.17 bits per heavy atom. The zero-order valence-electron chi connectivity index (χ0n) is 12.4. The molecule has 0 aliphatic rings. The van der Waals surface area contributed by atoms with Crippen LogP contribution in [0.3, 0.4) is 0 Å². The Kier molecular flexibility index (Phi) is 5.42. The number of rotatable bonds is 5. The van der Waals surface area contributed by atoms with Crippen molar-refractivity contribution in [2.45, 2.75) is 12.7 Å². The molecule has 0 spiro atoms. The third-order valence-electron chi connectivity index (χ3n) is 3.10. The summed E-state index contributed by atoms with van der Waals surface area (Å²) in [7, 11) is 0. The number of nitriles is 1. The molecule has 24 heavy (non-hydrogen) atoms. The number of ether oxygens (including phenoxy) is 1. The first-order valence-electron chi connectivity index (χ1n) is 6.94. The molecule has 0 atom stereocenters. The summed E-state index contributed by atoms with van der Waals surface area (Å²) < 4.78 is 42.8. The summed E-state index contributed by atoms with van der Waals surface area (Å²) >= 11 is 0. The maximum atomic E-state index is 12.6. The molecule has 7 heteroatoms. The molecule has 0 fully saturated rings. The van der Waals surface area contributed by atoms with Gasteiger partial charge < -0.3 is 10.1 Å². The standard InChI is InChI=1S/C17H13F3N2O2/c18-17(19,20)14-2-1-3-15(8-14)24-11-16(23)22-10-13-6-4-12(9-21)5-7-13/h1-8H,10-11H2,(H,22,23). The molecular formula is C17H13F3N2O2. The predicted molar refractivity (Wildman–Crippen MR) is 79.9 cm³/mol. The molecule has 0 unspecified atom stereocenters. The van der Waals surface area contributed by atoms with Gasteiger partial charge in [-0.3, -0.25) is 4.79 Å². The van der Waals surface area contributed by atoms with Gasteiger partial charge in [-0.25, -0.2) is 0 Å². The van der Waals surface area contributed by atoms with Crippen LogP contribution in [0.25, 0.3) is 0 Å². The van der Waals surface area contributed by atoms with E-state index >= 15 is 0 Å². The van der Waals surface area contributed by atoms with Crippen LogP contribution in [-0.2, 0) is 17.5 Å². The van der Waals surface area contributed by atoms with Crippen molar-refractivity contribution in [2.75, 3.05) is 6.61 Å². The molecule has 124 valence electrons. The third-order valence-corrected chi connectivity index (χ3v) is 3.10. The minimum Gasteiger partial charge on any atom is -0.484 e. The fraction of sp³-hybridized carbons (Fsp3) is 0.176. The summed E-state index contributed by atoms with van der Waals surface area (Å²) in [6, 6.07) is 13.0. The molecule has 0 aliphatic heterocycles. The molecule has 0 saturated heterocycles. The van der Waals surface area contributed by atoms with Gasteiger partial charge in [0.15, 0.2) is 6.61 Å². The Morgan fingerprint density at radius 3 is 2.50 bits per heavy atom. The molecule has 1 N–H and O–H groups in total. The van der Waals surface area contributed by atoms with Crippen molar-refractivity contribution < 1.29 is 22.7 Å². The van der Waals surface area contributed by atoms with Gasteiger partial charge in [0, 0.05) is 6.54 Å². The van der Waals surface area contributed by atoms with Gasteiger partial charge in [0.25, 0.3) is 5.91 Å². The van der Waals surface area contributed by atoms with Crippen molar-refractivity contribution >= 4 is 5.91 Å². The maximum Gasteiger partial charge on any atom is 0.416 e. The Labute approximate surface area is 136 Å². The molecule has 0 heterocycles. The van der Waals surface area contributed by atoms with Gasteiger partial charge in [-0.15, -0.1) is 0 Å². The second-order valence-electron chi connectivity index (χ2n) is 4.90. The number of nitrogens with one attached hydrogen (secondary N) is 1. The van der Waals surface area contributed by atoms with E-state index in [1.165, 1.54) is 12.1 Å². The molecule has 2 aromatic rings. The van der Waals surface area contributed by atoms with Crippen molar-refractivity contribution in [3.63, 3.8) is 0 Å². The van der Waals surface area contributed by atoms with Crippen LogP contribution in [-0.4, -0.2) is 12.5 Å². The van der Waals surface area contributed by atoms with E-state index in [1.54, 1.807) is 24.3 Å². The number of carbonyl (C=O) groups excluding carboxylic acids is 1. The van der Waals surface area contributed by atoms with E-state index in [1.807, 2.05) is 6.07 Å². The molecule has 0 radical (unpaired) electrons. The smallest absolute Gasteiger partial charge is 0.416 e. The summed E-state index contributed by atoms with van der Waals surface area (Å²) in [5.41, 5.74) is 0.470. The van der Waals surface area contributed by atoms with Crippen molar-refractivity contribution in [3.8, 4) is 11.8 Å². The van der Waals surface area contributed by atoms with Crippen LogP contribution < -0.4 is 10.1 Å². The van der Waals surface area contributed by atoms with Gasteiger partial charge in [-0.2, -0.15) is 18.4 Å². The van der Waals surface area contributed by atoms with E-state index in [0.717, 1.165) is 17.7 Å². The SMILES string of the molecule is N#Cc1ccc(CNC(=O)COc2cccc(C(F)(F)F)c2)cc1. The number of hydrogen-bond acceptors (Lipinski definition) is 3. The maximum absolute atomic E-state index is 12.6. The second kappa shape index (κ2) is 7.51. The minimum atomic E-state index is -4.46. The molecule has 1 amide bonds. The van der Waals surface area contributed by atoms with Crippen LogP contribution in [0.4, 0.5) is 13.2 Å². The Bertz CT molecular complexity index is 750. The second-order valence-corrected chi connectivity index (χ2v) is 4.90. The van der Waals surface area contributed by atoms with E-state index in [2.05, 4.69) is 5.32 Å². The summed E-state index contributed by atoms with van der Waals surface area (Å²) in [6.45, 7) is -0.159. The Hall–Kier alpha value is -3.01. The first kappa shape index (κ1) is 17.3. The minimum absolute atomic E-state index is 0.0293. The average Bonchev–Trinajstić information content (AvgIpc) is 2.58. The van der Waals surface area contributed by atoms with Crippen molar-refractivity contribution in [3.05, 3.63) is 65.2 Å². The van der Waals surface area contributed by atoms with E-state index < -0.39 is 24.3 Å². The van der Waals surface area contributed by atoms with Gasteiger partial charge in [0.2, 0.25) is 0 Å². The van der Waals surface area contributed by atoms with E-state index in [0.29, 0.717) is 5.56 Å². The van der Waals surface area contributed by atoms with Gasteiger partial charge in [0.05, 0.1) is 17.2 Å². The molecule has 2 aromatic carbocycles. The van der Waals surface area contributed by atoms with E-state index in [4.69, 9.17) is 10.00 Å². The highest BCUT2D eigenvalue weighted by molar-refractivity contribution is 5.77. The number of halogens is 3. The van der Waals surface area contributed by atoms with E-state index in [9.17, 15) is 18.0 Å². The molecule has 0 bridgehead atoms. The van der Waals surface area contributed by atoms with Crippen LogP contribution in [0, 0.1) is 11.3 Å². The summed E-state index contributed by atoms with van der Waals surface area (Å²) in [5, 5.41) is 11.3. The number of nitrogens with zero attached hydrogens (tertiary/aromatic N) is 1.